The Hall–Kier alpha value is -1.37. The number of aliphatic imine (C=N–C) groups is 1. The fourth-order valence-electron chi connectivity index (χ4n) is 1.92. The molecule has 0 aromatic heterocycles. The summed E-state index contributed by atoms with van der Waals surface area (Å²) in [6.07, 6.45) is -2.76. The minimum Gasteiger partial charge on any atom is -0.406 e. The molecule has 1 aromatic carbocycles. The van der Waals surface area contributed by atoms with E-state index in [0.717, 1.165) is 23.8 Å². The normalized spacial score (nSPS) is 22.6. The van der Waals surface area contributed by atoms with E-state index in [4.69, 9.17) is 0 Å². The molecule has 0 saturated heterocycles. The van der Waals surface area contributed by atoms with E-state index in [2.05, 4.69) is 28.9 Å². The van der Waals surface area contributed by atoms with E-state index in [1.165, 1.54) is 18.2 Å². The van der Waals surface area contributed by atoms with Gasteiger partial charge in [-0.1, -0.05) is 24.8 Å². The lowest BCUT2D eigenvalue weighted by Gasteiger charge is -2.29. The van der Waals surface area contributed by atoms with Gasteiger partial charge in [-0.15, -0.1) is 13.2 Å². The van der Waals surface area contributed by atoms with Crippen LogP contribution in [0.2, 0.25) is 0 Å². The number of ether oxygens (including phenoxy) is 1. The van der Waals surface area contributed by atoms with Crippen LogP contribution < -0.4 is 10.1 Å². The van der Waals surface area contributed by atoms with Crippen molar-refractivity contribution in [2.75, 3.05) is 11.1 Å². The minimum absolute atomic E-state index is 0.104. The molecular weight excluding hydrogens is 301 g/mol. The van der Waals surface area contributed by atoms with Crippen LogP contribution in [0.4, 0.5) is 18.9 Å². The second-order valence-electron chi connectivity index (χ2n) is 5.07. The highest BCUT2D eigenvalue weighted by Crippen LogP contribution is 2.31. The van der Waals surface area contributed by atoms with Gasteiger partial charge in [-0.25, -0.2) is 0 Å². The molecule has 0 amide bonds. The number of alkyl halides is 3. The molecule has 1 heterocycles. The number of halogens is 3. The third-order valence-corrected chi connectivity index (χ3v) is 4.21. The number of hydrogen-bond acceptors (Lipinski definition) is 4. The van der Waals surface area contributed by atoms with Gasteiger partial charge in [-0.05, 0) is 31.9 Å². The molecule has 1 atom stereocenters. The summed E-state index contributed by atoms with van der Waals surface area (Å²) in [6, 6.07) is 5.78. The van der Waals surface area contributed by atoms with Crippen LogP contribution in [0.15, 0.2) is 29.3 Å². The van der Waals surface area contributed by atoms with Gasteiger partial charge in [0.05, 0.1) is 5.54 Å². The Labute approximate surface area is 126 Å². The van der Waals surface area contributed by atoms with Gasteiger partial charge in [0.1, 0.15) is 5.75 Å². The molecule has 2 rings (SSSR count). The molecule has 0 spiro atoms. The molecule has 21 heavy (non-hydrogen) atoms. The highest BCUT2D eigenvalue weighted by molar-refractivity contribution is 8.14. The first-order valence-electron chi connectivity index (χ1n) is 6.65. The highest BCUT2D eigenvalue weighted by Gasteiger charge is 2.31. The summed E-state index contributed by atoms with van der Waals surface area (Å²) in [5, 5.41) is 3.79. The van der Waals surface area contributed by atoms with Gasteiger partial charge in [0.15, 0.2) is 5.17 Å². The SMILES string of the molecule is CCC1(C)CCSC(Nc2cccc(OC(F)(F)F)c2)=N1. The number of benzene rings is 1. The van der Waals surface area contributed by atoms with Crippen LogP contribution in [0.5, 0.6) is 5.75 Å². The largest absolute Gasteiger partial charge is 0.573 e. The van der Waals surface area contributed by atoms with E-state index in [1.54, 1.807) is 17.8 Å². The van der Waals surface area contributed by atoms with Crippen LogP contribution in [0.1, 0.15) is 26.7 Å². The van der Waals surface area contributed by atoms with Gasteiger partial charge in [-0.3, -0.25) is 4.99 Å². The van der Waals surface area contributed by atoms with Crippen molar-refractivity contribution < 1.29 is 17.9 Å². The van der Waals surface area contributed by atoms with Crippen molar-refractivity contribution in [3.8, 4) is 5.75 Å². The molecule has 1 N–H and O–H groups in total. The second kappa shape index (κ2) is 6.17. The Bertz CT molecular complexity index is 533. The molecule has 0 fully saturated rings. The monoisotopic (exact) mass is 318 g/mol. The lowest BCUT2D eigenvalue weighted by Crippen LogP contribution is -2.29. The predicted molar refractivity (Wildman–Crippen MR) is 80.0 cm³/mol. The van der Waals surface area contributed by atoms with Crippen LogP contribution in [0.3, 0.4) is 0 Å². The van der Waals surface area contributed by atoms with E-state index in [1.807, 2.05) is 0 Å². The van der Waals surface area contributed by atoms with Crippen molar-refractivity contribution in [3.63, 3.8) is 0 Å². The van der Waals surface area contributed by atoms with Crippen molar-refractivity contribution >= 4 is 22.6 Å². The maximum absolute atomic E-state index is 12.2. The van der Waals surface area contributed by atoms with E-state index >= 15 is 0 Å². The lowest BCUT2D eigenvalue weighted by atomic mass is 9.97. The second-order valence-corrected chi connectivity index (χ2v) is 6.15. The van der Waals surface area contributed by atoms with Gasteiger partial charge in [0.25, 0.3) is 0 Å². The van der Waals surface area contributed by atoms with Crippen molar-refractivity contribution in [1.29, 1.82) is 0 Å². The molecule has 116 valence electrons. The van der Waals surface area contributed by atoms with Gasteiger partial charge in [-0.2, -0.15) is 0 Å². The van der Waals surface area contributed by atoms with Crippen molar-refractivity contribution in [2.24, 2.45) is 4.99 Å². The average molecular weight is 318 g/mol. The van der Waals surface area contributed by atoms with Gasteiger partial charge in [0, 0.05) is 17.5 Å². The molecule has 7 heteroatoms. The summed E-state index contributed by atoms with van der Waals surface area (Å²) in [4.78, 5) is 4.64. The fourth-order valence-corrected chi connectivity index (χ4v) is 3.13. The fraction of sp³-hybridized carbons (Fsp3) is 0.500. The van der Waals surface area contributed by atoms with Crippen LogP contribution >= 0.6 is 11.8 Å². The first-order valence-corrected chi connectivity index (χ1v) is 7.64. The summed E-state index contributed by atoms with van der Waals surface area (Å²) in [7, 11) is 0. The van der Waals surface area contributed by atoms with Crippen LogP contribution in [0, 0.1) is 0 Å². The Morgan fingerprint density at radius 2 is 2.19 bits per heavy atom. The molecule has 0 bridgehead atoms. The topological polar surface area (TPSA) is 33.6 Å². The molecule has 3 nitrogen and oxygen atoms in total. The zero-order chi connectivity index (χ0) is 15.5. The maximum atomic E-state index is 12.2. The number of hydrogen-bond donors (Lipinski definition) is 1. The average Bonchev–Trinajstić information content (AvgIpc) is 2.37. The molecule has 0 saturated carbocycles. The third-order valence-electron chi connectivity index (χ3n) is 3.33. The molecule has 0 aliphatic carbocycles. The predicted octanol–water partition coefficient (Wildman–Crippen LogP) is 4.66. The lowest BCUT2D eigenvalue weighted by molar-refractivity contribution is -0.274. The molecule has 1 aliphatic heterocycles. The van der Waals surface area contributed by atoms with Crippen molar-refractivity contribution in [2.45, 2.75) is 38.6 Å². The maximum Gasteiger partial charge on any atom is 0.573 e. The molecule has 1 aliphatic rings. The van der Waals surface area contributed by atoms with Gasteiger partial charge >= 0.3 is 6.36 Å². The minimum atomic E-state index is -4.68. The van der Waals surface area contributed by atoms with Gasteiger partial charge < -0.3 is 10.1 Å². The zero-order valence-electron chi connectivity index (χ0n) is 11.8. The van der Waals surface area contributed by atoms with Crippen molar-refractivity contribution in [3.05, 3.63) is 24.3 Å². The number of nitrogens with one attached hydrogen (secondary N) is 1. The Morgan fingerprint density at radius 3 is 2.86 bits per heavy atom. The number of thioether (sulfide) groups is 1. The standard InChI is InChI=1S/C14H17F3N2OS/c1-3-13(2)7-8-21-12(19-13)18-10-5-4-6-11(9-10)20-14(15,16)17/h4-6,9H,3,7-8H2,1-2H3,(H,18,19). The third kappa shape index (κ3) is 4.84. The molecule has 0 radical (unpaired) electrons. The summed E-state index contributed by atoms with van der Waals surface area (Å²) in [6.45, 7) is 4.16. The van der Waals surface area contributed by atoms with E-state index in [0.29, 0.717) is 5.69 Å². The summed E-state index contributed by atoms with van der Waals surface area (Å²) >= 11 is 1.57. The molecular formula is C14H17F3N2OS. The quantitative estimate of drug-likeness (QED) is 0.880. The Balaban J connectivity index is 2.11. The summed E-state index contributed by atoms with van der Waals surface area (Å²) in [5.74, 6) is 0.696. The number of rotatable bonds is 3. The smallest absolute Gasteiger partial charge is 0.406 e. The Morgan fingerprint density at radius 1 is 1.43 bits per heavy atom. The first kappa shape index (κ1) is 16.0. The van der Waals surface area contributed by atoms with E-state index in [-0.39, 0.29) is 11.3 Å². The summed E-state index contributed by atoms with van der Waals surface area (Å²) < 4.78 is 40.5. The van der Waals surface area contributed by atoms with Crippen LogP contribution in [-0.2, 0) is 0 Å². The van der Waals surface area contributed by atoms with Crippen molar-refractivity contribution in [1.82, 2.24) is 0 Å². The highest BCUT2D eigenvalue weighted by atomic mass is 32.2. The number of amidine groups is 1. The zero-order valence-corrected chi connectivity index (χ0v) is 12.6. The van der Waals surface area contributed by atoms with E-state index in [9.17, 15) is 13.2 Å². The summed E-state index contributed by atoms with van der Waals surface area (Å²) in [5.41, 5.74) is 0.427. The number of nitrogens with zero attached hydrogens (tertiary/aromatic N) is 1. The molecule has 1 aromatic rings. The van der Waals surface area contributed by atoms with E-state index < -0.39 is 6.36 Å². The van der Waals surface area contributed by atoms with Gasteiger partial charge in [0.2, 0.25) is 0 Å². The van der Waals surface area contributed by atoms with Crippen LogP contribution in [-0.4, -0.2) is 22.8 Å². The van der Waals surface area contributed by atoms with Crippen LogP contribution in [0.25, 0.3) is 0 Å². The Kier molecular flexibility index (Phi) is 4.70. The number of anilines is 1. The molecule has 1 unspecified atom stereocenters. The first-order chi connectivity index (χ1) is 9.80.